The van der Waals surface area contributed by atoms with Crippen molar-refractivity contribution in [3.8, 4) is 0 Å². The van der Waals surface area contributed by atoms with Crippen LogP contribution < -0.4 is 5.32 Å². The fraction of sp³-hybridized carbons (Fsp3) is 0.474. The molecule has 1 amide bonds. The van der Waals surface area contributed by atoms with Crippen molar-refractivity contribution in [1.29, 1.82) is 0 Å². The largest absolute Gasteiger partial charge is 0.391 e. The molecule has 2 atom stereocenters. The Morgan fingerprint density at radius 2 is 1.88 bits per heavy atom. The van der Waals surface area contributed by atoms with Crippen molar-refractivity contribution in [3.63, 3.8) is 0 Å². The van der Waals surface area contributed by atoms with Gasteiger partial charge in [0.25, 0.3) is 5.91 Å². The number of rotatable bonds is 8. The van der Waals surface area contributed by atoms with Crippen molar-refractivity contribution in [2.75, 3.05) is 0 Å². The van der Waals surface area contributed by atoms with Gasteiger partial charge in [0.05, 0.1) is 18.2 Å². The van der Waals surface area contributed by atoms with E-state index < -0.39 is 6.10 Å². The minimum absolute atomic E-state index is 0.195. The Morgan fingerprint density at radius 3 is 2.50 bits per heavy atom. The number of nitrogens with one attached hydrogen (secondary N) is 1. The number of benzene rings is 1. The van der Waals surface area contributed by atoms with Crippen molar-refractivity contribution in [2.24, 2.45) is 0 Å². The maximum Gasteiger partial charge on any atom is 0.269 e. The second kappa shape index (κ2) is 8.64. The van der Waals surface area contributed by atoms with Gasteiger partial charge in [0, 0.05) is 12.6 Å². The minimum Gasteiger partial charge on any atom is -0.391 e. The molecule has 0 saturated carbocycles. The SMILES string of the molecule is CCC(CC)n1nccc1C(=O)NC(C)C(O)Cc1ccccc1. The third kappa shape index (κ3) is 4.45. The Labute approximate surface area is 143 Å². The minimum atomic E-state index is -0.638. The smallest absolute Gasteiger partial charge is 0.269 e. The van der Waals surface area contributed by atoms with E-state index >= 15 is 0 Å². The molecule has 1 heterocycles. The van der Waals surface area contributed by atoms with Gasteiger partial charge in [-0.25, -0.2) is 0 Å². The van der Waals surface area contributed by atoms with E-state index in [1.165, 1.54) is 0 Å². The lowest BCUT2D eigenvalue weighted by Crippen LogP contribution is -2.43. The van der Waals surface area contributed by atoms with E-state index in [1.54, 1.807) is 16.9 Å². The Kier molecular flexibility index (Phi) is 6.55. The van der Waals surface area contributed by atoms with Gasteiger partial charge in [0.15, 0.2) is 0 Å². The van der Waals surface area contributed by atoms with Gasteiger partial charge >= 0.3 is 0 Å². The Hall–Kier alpha value is -2.14. The molecular formula is C19H27N3O2. The molecule has 2 unspecified atom stereocenters. The molecule has 0 fully saturated rings. The number of carbonyl (C=O) groups is 1. The molecule has 2 rings (SSSR count). The topological polar surface area (TPSA) is 67.2 Å². The van der Waals surface area contributed by atoms with Gasteiger partial charge < -0.3 is 10.4 Å². The van der Waals surface area contributed by atoms with Crippen LogP contribution in [0.3, 0.4) is 0 Å². The molecule has 0 aliphatic rings. The van der Waals surface area contributed by atoms with Crippen molar-refractivity contribution in [3.05, 3.63) is 53.9 Å². The molecule has 5 nitrogen and oxygen atoms in total. The third-order valence-electron chi connectivity index (χ3n) is 4.41. The van der Waals surface area contributed by atoms with Crippen molar-refractivity contribution < 1.29 is 9.90 Å². The molecule has 5 heteroatoms. The lowest BCUT2D eigenvalue weighted by molar-refractivity contribution is 0.0838. The van der Waals surface area contributed by atoms with Gasteiger partial charge in [0.2, 0.25) is 0 Å². The van der Waals surface area contributed by atoms with Crippen LogP contribution in [0.4, 0.5) is 0 Å². The summed E-state index contributed by atoms with van der Waals surface area (Å²) in [6.45, 7) is 6.00. The summed E-state index contributed by atoms with van der Waals surface area (Å²) in [6.07, 6.45) is 3.36. The molecule has 2 N–H and O–H groups in total. The summed E-state index contributed by atoms with van der Waals surface area (Å²) in [7, 11) is 0. The molecule has 1 aromatic heterocycles. The number of nitrogens with zero attached hydrogens (tertiary/aromatic N) is 2. The first-order valence-corrected chi connectivity index (χ1v) is 8.63. The van der Waals surface area contributed by atoms with Crippen LogP contribution in [0.5, 0.6) is 0 Å². The molecule has 0 spiro atoms. The number of hydrogen-bond acceptors (Lipinski definition) is 3. The van der Waals surface area contributed by atoms with Crippen LogP contribution in [0.15, 0.2) is 42.6 Å². The average Bonchev–Trinajstić information content (AvgIpc) is 3.06. The third-order valence-corrected chi connectivity index (χ3v) is 4.41. The lowest BCUT2D eigenvalue weighted by Gasteiger charge is -2.22. The first-order chi connectivity index (χ1) is 11.6. The van der Waals surface area contributed by atoms with Gasteiger partial charge in [-0.15, -0.1) is 0 Å². The average molecular weight is 329 g/mol. The molecule has 0 bridgehead atoms. The summed E-state index contributed by atoms with van der Waals surface area (Å²) in [4.78, 5) is 12.5. The molecule has 0 saturated heterocycles. The van der Waals surface area contributed by atoms with E-state index in [0.29, 0.717) is 12.1 Å². The molecule has 130 valence electrons. The van der Waals surface area contributed by atoms with Crippen LogP contribution in [0.1, 0.15) is 55.7 Å². The summed E-state index contributed by atoms with van der Waals surface area (Å²) >= 11 is 0. The van der Waals surface area contributed by atoms with Gasteiger partial charge in [-0.3, -0.25) is 9.48 Å². The van der Waals surface area contributed by atoms with E-state index in [-0.39, 0.29) is 18.0 Å². The van der Waals surface area contributed by atoms with Crippen LogP contribution in [-0.2, 0) is 6.42 Å². The van der Waals surface area contributed by atoms with Crippen LogP contribution in [0.25, 0.3) is 0 Å². The zero-order valence-corrected chi connectivity index (χ0v) is 14.6. The highest BCUT2D eigenvalue weighted by Crippen LogP contribution is 2.17. The van der Waals surface area contributed by atoms with Gasteiger partial charge in [-0.2, -0.15) is 5.10 Å². The number of aromatic nitrogens is 2. The van der Waals surface area contributed by atoms with Crippen LogP contribution in [0.2, 0.25) is 0 Å². The zero-order valence-electron chi connectivity index (χ0n) is 14.6. The number of aliphatic hydroxyl groups excluding tert-OH is 1. The molecule has 0 radical (unpaired) electrons. The molecule has 24 heavy (non-hydrogen) atoms. The second-order valence-corrected chi connectivity index (χ2v) is 6.15. The van der Waals surface area contributed by atoms with Gasteiger partial charge in [-0.05, 0) is 31.4 Å². The molecular weight excluding hydrogens is 302 g/mol. The zero-order chi connectivity index (χ0) is 17.5. The summed E-state index contributed by atoms with van der Waals surface area (Å²) in [5, 5.41) is 17.5. The van der Waals surface area contributed by atoms with Crippen molar-refractivity contribution >= 4 is 5.91 Å². The van der Waals surface area contributed by atoms with Crippen LogP contribution >= 0.6 is 0 Å². The quantitative estimate of drug-likeness (QED) is 0.782. The Bertz CT molecular complexity index is 635. The molecule has 0 aliphatic heterocycles. The predicted octanol–water partition coefficient (Wildman–Crippen LogP) is 2.97. The molecule has 1 aromatic carbocycles. The summed E-state index contributed by atoms with van der Waals surface area (Å²) < 4.78 is 1.78. The van der Waals surface area contributed by atoms with Crippen molar-refractivity contribution in [2.45, 2.75) is 58.2 Å². The fourth-order valence-electron chi connectivity index (χ4n) is 2.83. The van der Waals surface area contributed by atoms with E-state index in [2.05, 4.69) is 24.3 Å². The maximum absolute atomic E-state index is 12.5. The summed E-state index contributed by atoms with van der Waals surface area (Å²) in [6, 6.07) is 11.4. The number of aliphatic hydroxyl groups is 1. The number of carbonyl (C=O) groups excluding carboxylic acids is 1. The van der Waals surface area contributed by atoms with Crippen LogP contribution in [-0.4, -0.2) is 32.9 Å². The Morgan fingerprint density at radius 1 is 1.21 bits per heavy atom. The van der Waals surface area contributed by atoms with Gasteiger partial charge in [-0.1, -0.05) is 44.2 Å². The number of hydrogen-bond donors (Lipinski definition) is 2. The normalized spacial score (nSPS) is 13.7. The van der Waals surface area contributed by atoms with Crippen molar-refractivity contribution in [1.82, 2.24) is 15.1 Å². The van der Waals surface area contributed by atoms with E-state index in [4.69, 9.17) is 0 Å². The van der Waals surface area contributed by atoms with Crippen LogP contribution in [0, 0.1) is 0 Å². The van der Waals surface area contributed by atoms with Gasteiger partial charge in [0.1, 0.15) is 5.69 Å². The summed E-state index contributed by atoms with van der Waals surface area (Å²) in [5.74, 6) is -0.195. The number of amides is 1. The highest BCUT2D eigenvalue weighted by Gasteiger charge is 2.21. The standard InChI is InChI=1S/C19H27N3O2/c1-4-16(5-2)22-17(11-12-20-22)19(24)21-14(3)18(23)13-15-9-7-6-8-10-15/h6-12,14,16,18,23H,4-5,13H2,1-3H3,(H,21,24). The first kappa shape index (κ1) is 18.2. The maximum atomic E-state index is 12.5. The lowest BCUT2D eigenvalue weighted by atomic mass is 10.0. The first-order valence-electron chi connectivity index (χ1n) is 8.63. The monoisotopic (exact) mass is 329 g/mol. The van der Waals surface area contributed by atoms with E-state index in [0.717, 1.165) is 18.4 Å². The highest BCUT2D eigenvalue weighted by molar-refractivity contribution is 5.92. The predicted molar refractivity (Wildman–Crippen MR) is 94.9 cm³/mol. The molecule has 2 aromatic rings. The highest BCUT2D eigenvalue weighted by atomic mass is 16.3. The van der Waals surface area contributed by atoms with E-state index in [9.17, 15) is 9.90 Å². The fourth-order valence-corrected chi connectivity index (χ4v) is 2.83. The Balaban J connectivity index is 2.00. The summed E-state index contributed by atoms with van der Waals surface area (Å²) in [5.41, 5.74) is 1.59. The molecule has 0 aliphatic carbocycles. The second-order valence-electron chi connectivity index (χ2n) is 6.15. The van der Waals surface area contributed by atoms with E-state index in [1.807, 2.05) is 37.3 Å².